The molecule has 0 aromatic rings. The molecule has 0 unspecified atom stereocenters. The van der Waals surface area contributed by atoms with Crippen molar-refractivity contribution in [3.63, 3.8) is 0 Å². The lowest BCUT2D eigenvalue weighted by molar-refractivity contribution is 0.277. The Morgan fingerprint density at radius 3 is 1.72 bits per heavy atom. The van der Waals surface area contributed by atoms with Crippen molar-refractivity contribution in [2.45, 2.75) is 34.6 Å². The van der Waals surface area contributed by atoms with Crippen LogP contribution in [-0.4, -0.2) is 53.6 Å². The Bertz CT molecular complexity index is 230. The topological polar surface area (TPSA) is 15.7 Å². The van der Waals surface area contributed by atoms with Crippen molar-refractivity contribution in [2.75, 3.05) is 44.3 Å². The maximum Gasteiger partial charge on any atom is 0.203 e. The third-order valence-electron chi connectivity index (χ3n) is 2.87. The van der Waals surface area contributed by atoms with Crippen molar-refractivity contribution in [3.05, 3.63) is 0 Å². The van der Waals surface area contributed by atoms with Crippen molar-refractivity contribution < 1.29 is 4.52 Å². The average Bonchev–Trinajstić information content (AvgIpc) is 2.37. The molecule has 0 aliphatic heterocycles. The molecule has 0 amide bonds. The fraction of sp³-hybridized carbons (Fsp3) is 1.00. The van der Waals surface area contributed by atoms with Crippen LogP contribution in [0.25, 0.3) is 0 Å². The molecule has 3 nitrogen and oxygen atoms in total. The molecule has 0 aliphatic carbocycles. The maximum absolute atomic E-state index is 6.18. The standard InChI is InChI=1S/C12H29N2OPS2/c1-6-13(7-2)16(17,14(8-3)9-4)15-11-12-18-10-5/h6-12H2,1-5H3. The van der Waals surface area contributed by atoms with Gasteiger partial charge in [0.05, 0.1) is 6.61 Å². The summed E-state index contributed by atoms with van der Waals surface area (Å²) in [7, 11) is 0. The van der Waals surface area contributed by atoms with E-state index in [1.807, 2.05) is 11.8 Å². The Kier molecular flexibility index (Phi) is 11.2. The third-order valence-corrected chi connectivity index (χ3v) is 8.51. The van der Waals surface area contributed by atoms with Gasteiger partial charge in [0.2, 0.25) is 6.57 Å². The van der Waals surface area contributed by atoms with Gasteiger partial charge in [0.15, 0.2) is 0 Å². The Morgan fingerprint density at radius 2 is 1.39 bits per heavy atom. The summed E-state index contributed by atoms with van der Waals surface area (Å²) in [5.41, 5.74) is 0. The van der Waals surface area contributed by atoms with Crippen LogP contribution in [0, 0.1) is 0 Å². The molecule has 0 heterocycles. The van der Waals surface area contributed by atoms with Crippen molar-refractivity contribution in [3.8, 4) is 0 Å². The number of hydrogen-bond donors (Lipinski definition) is 0. The van der Waals surface area contributed by atoms with E-state index in [9.17, 15) is 0 Å². The molecular formula is C12H29N2OPS2. The highest BCUT2D eigenvalue weighted by atomic mass is 32.5. The fourth-order valence-electron chi connectivity index (χ4n) is 1.86. The van der Waals surface area contributed by atoms with E-state index in [4.69, 9.17) is 16.3 Å². The molecule has 0 saturated carbocycles. The van der Waals surface area contributed by atoms with Crippen LogP contribution in [0.1, 0.15) is 34.6 Å². The molecule has 0 radical (unpaired) electrons. The number of thioether (sulfide) groups is 1. The summed E-state index contributed by atoms with van der Waals surface area (Å²) in [5.74, 6) is 2.18. The van der Waals surface area contributed by atoms with Gasteiger partial charge in [0, 0.05) is 31.9 Å². The smallest absolute Gasteiger partial charge is 0.203 e. The summed E-state index contributed by atoms with van der Waals surface area (Å²) in [4.78, 5) is 0. The van der Waals surface area contributed by atoms with Crippen LogP contribution in [0.4, 0.5) is 0 Å². The lowest BCUT2D eigenvalue weighted by Gasteiger charge is -2.40. The first-order valence-corrected chi connectivity index (χ1v) is 10.7. The predicted octanol–water partition coefficient (Wildman–Crippen LogP) is 3.66. The third kappa shape index (κ3) is 5.48. The normalized spacial score (nSPS) is 12.6. The van der Waals surface area contributed by atoms with E-state index in [1.165, 1.54) is 0 Å². The van der Waals surface area contributed by atoms with Gasteiger partial charge in [-0.2, -0.15) is 11.8 Å². The second-order valence-electron chi connectivity index (χ2n) is 3.80. The second kappa shape index (κ2) is 10.6. The zero-order chi connectivity index (χ0) is 14.0. The first-order chi connectivity index (χ1) is 8.60. The molecule has 0 rings (SSSR count). The van der Waals surface area contributed by atoms with Gasteiger partial charge in [0.1, 0.15) is 0 Å². The van der Waals surface area contributed by atoms with E-state index in [2.05, 4.69) is 44.0 Å². The fourth-order valence-corrected chi connectivity index (χ4v) is 6.53. The highest BCUT2D eigenvalue weighted by molar-refractivity contribution is 8.10. The van der Waals surface area contributed by atoms with E-state index >= 15 is 0 Å². The van der Waals surface area contributed by atoms with Crippen molar-refractivity contribution in [1.29, 1.82) is 0 Å². The van der Waals surface area contributed by atoms with Crippen LogP contribution in [0.5, 0.6) is 0 Å². The van der Waals surface area contributed by atoms with Gasteiger partial charge in [-0.1, -0.05) is 34.6 Å². The lowest BCUT2D eigenvalue weighted by atomic mass is 10.7. The molecule has 0 saturated heterocycles. The van der Waals surface area contributed by atoms with E-state index in [1.54, 1.807) is 0 Å². The summed E-state index contributed by atoms with van der Waals surface area (Å²) in [6, 6.07) is 0. The quantitative estimate of drug-likeness (QED) is 0.426. The summed E-state index contributed by atoms with van der Waals surface area (Å²) < 4.78 is 10.8. The van der Waals surface area contributed by atoms with Crippen LogP contribution in [-0.2, 0) is 16.3 Å². The Hall–Kier alpha value is 0.880. The summed E-state index contributed by atoms with van der Waals surface area (Å²) in [5, 5.41) is 0. The molecule has 0 fully saturated rings. The largest absolute Gasteiger partial charge is 0.326 e. The minimum absolute atomic E-state index is 0.767. The number of rotatable bonds is 11. The van der Waals surface area contributed by atoms with Gasteiger partial charge in [-0.25, -0.2) is 9.34 Å². The Labute approximate surface area is 123 Å². The minimum Gasteiger partial charge on any atom is -0.326 e. The van der Waals surface area contributed by atoms with Crippen LogP contribution in [0.15, 0.2) is 0 Å². The Balaban J connectivity index is 4.73. The molecule has 18 heavy (non-hydrogen) atoms. The molecule has 0 bridgehead atoms. The highest BCUT2D eigenvalue weighted by Gasteiger charge is 2.30. The van der Waals surface area contributed by atoms with E-state index in [0.29, 0.717) is 0 Å². The molecule has 0 aliphatic rings. The van der Waals surface area contributed by atoms with E-state index in [0.717, 1.165) is 44.3 Å². The van der Waals surface area contributed by atoms with Crippen LogP contribution in [0.2, 0.25) is 0 Å². The number of nitrogens with zero attached hydrogens (tertiary/aromatic N) is 2. The zero-order valence-electron chi connectivity index (χ0n) is 12.5. The Morgan fingerprint density at radius 1 is 0.944 bits per heavy atom. The van der Waals surface area contributed by atoms with Crippen LogP contribution < -0.4 is 0 Å². The minimum atomic E-state index is -1.99. The second-order valence-corrected chi connectivity index (χ2v) is 8.99. The highest BCUT2D eigenvalue weighted by Crippen LogP contribution is 2.54. The van der Waals surface area contributed by atoms with Crippen molar-refractivity contribution >= 4 is 30.1 Å². The van der Waals surface area contributed by atoms with Gasteiger partial charge in [-0.05, 0) is 17.6 Å². The molecule has 0 aromatic carbocycles. The monoisotopic (exact) mass is 312 g/mol. The summed E-state index contributed by atoms with van der Waals surface area (Å²) in [6.45, 7) is 13.5. The van der Waals surface area contributed by atoms with Gasteiger partial charge in [0.25, 0.3) is 0 Å². The first kappa shape index (κ1) is 18.9. The SMILES string of the molecule is CCSCCOP(=S)(N(CC)CC)N(CC)CC. The zero-order valence-corrected chi connectivity index (χ0v) is 15.0. The van der Waals surface area contributed by atoms with E-state index in [-0.39, 0.29) is 0 Å². The van der Waals surface area contributed by atoms with Crippen LogP contribution >= 0.6 is 18.3 Å². The molecule has 0 aromatic heterocycles. The molecule has 110 valence electrons. The predicted molar refractivity (Wildman–Crippen MR) is 89.1 cm³/mol. The lowest BCUT2D eigenvalue weighted by Crippen LogP contribution is -2.33. The first-order valence-electron chi connectivity index (χ1n) is 6.93. The average molecular weight is 312 g/mol. The number of hydrogen-bond acceptors (Lipinski definition) is 3. The van der Waals surface area contributed by atoms with Gasteiger partial charge in [-0.3, -0.25) is 0 Å². The maximum atomic E-state index is 6.18. The van der Waals surface area contributed by atoms with Gasteiger partial charge >= 0.3 is 0 Å². The van der Waals surface area contributed by atoms with Crippen molar-refractivity contribution in [2.24, 2.45) is 0 Å². The molecule has 6 heteroatoms. The molecule has 0 spiro atoms. The molecule has 0 N–H and O–H groups in total. The van der Waals surface area contributed by atoms with E-state index < -0.39 is 6.57 Å². The van der Waals surface area contributed by atoms with Crippen molar-refractivity contribution in [1.82, 2.24) is 9.34 Å². The summed E-state index contributed by atoms with van der Waals surface area (Å²) >= 11 is 7.83. The van der Waals surface area contributed by atoms with Gasteiger partial charge in [-0.15, -0.1) is 0 Å². The summed E-state index contributed by atoms with van der Waals surface area (Å²) in [6.07, 6.45) is 0. The molecular weight excluding hydrogens is 283 g/mol. The van der Waals surface area contributed by atoms with Crippen LogP contribution in [0.3, 0.4) is 0 Å². The van der Waals surface area contributed by atoms with Gasteiger partial charge < -0.3 is 4.52 Å². The molecule has 0 atom stereocenters.